The van der Waals surface area contributed by atoms with E-state index >= 15 is 0 Å². The van der Waals surface area contributed by atoms with Gasteiger partial charge in [0.1, 0.15) is 6.04 Å². The highest BCUT2D eigenvalue weighted by Gasteiger charge is 2.28. The predicted octanol–water partition coefficient (Wildman–Crippen LogP) is 2.81. The van der Waals surface area contributed by atoms with Crippen LogP contribution >= 0.6 is 0 Å². The van der Waals surface area contributed by atoms with Crippen molar-refractivity contribution in [2.45, 2.75) is 33.2 Å². The highest BCUT2D eigenvalue weighted by molar-refractivity contribution is 5.94. The van der Waals surface area contributed by atoms with Gasteiger partial charge in [0.2, 0.25) is 0 Å². The Balaban J connectivity index is 2.87. The van der Waals surface area contributed by atoms with Gasteiger partial charge < -0.3 is 10.1 Å². The first-order valence-electron chi connectivity index (χ1n) is 7.26. The third-order valence-electron chi connectivity index (χ3n) is 3.58. The predicted molar refractivity (Wildman–Crippen MR) is 83.3 cm³/mol. The molecule has 1 aromatic carbocycles. The Labute approximate surface area is 126 Å². The maximum absolute atomic E-state index is 12.4. The Bertz CT molecular complexity index is 462. The smallest absolute Gasteiger partial charge is 0.328 e. The molecule has 5 nitrogen and oxygen atoms in total. The summed E-state index contributed by atoms with van der Waals surface area (Å²) < 4.78 is 4.78. The number of rotatable bonds is 6. The van der Waals surface area contributed by atoms with E-state index in [1.807, 2.05) is 51.1 Å². The molecule has 1 rings (SSSR count). The Hall–Kier alpha value is -2.04. The molecule has 0 radical (unpaired) electrons. The van der Waals surface area contributed by atoms with Gasteiger partial charge in [0.05, 0.1) is 7.11 Å². The van der Waals surface area contributed by atoms with Gasteiger partial charge in [-0.2, -0.15) is 0 Å². The van der Waals surface area contributed by atoms with Crippen LogP contribution in [0.5, 0.6) is 0 Å². The monoisotopic (exact) mass is 292 g/mol. The van der Waals surface area contributed by atoms with E-state index in [0.717, 1.165) is 12.1 Å². The molecule has 1 aromatic rings. The van der Waals surface area contributed by atoms with Crippen LogP contribution in [-0.2, 0) is 9.53 Å². The van der Waals surface area contributed by atoms with E-state index in [9.17, 15) is 9.59 Å². The van der Waals surface area contributed by atoms with Crippen LogP contribution in [0.3, 0.4) is 0 Å². The molecular weight excluding hydrogens is 268 g/mol. The molecule has 0 fully saturated rings. The van der Waals surface area contributed by atoms with Gasteiger partial charge in [-0.05, 0) is 25.0 Å². The van der Waals surface area contributed by atoms with E-state index in [1.54, 1.807) is 4.90 Å². The minimum Gasteiger partial charge on any atom is -0.467 e. The number of esters is 1. The van der Waals surface area contributed by atoms with Crippen molar-refractivity contribution in [3.63, 3.8) is 0 Å². The van der Waals surface area contributed by atoms with Crippen molar-refractivity contribution in [3.8, 4) is 0 Å². The summed E-state index contributed by atoms with van der Waals surface area (Å²) in [6.07, 6.45) is 0.775. The first kappa shape index (κ1) is 17.0. The van der Waals surface area contributed by atoms with Crippen molar-refractivity contribution in [1.82, 2.24) is 5.32 Å². The van der Waals surface area contributed by atoms with Crippen molar-refractivity contribution in [2.24, 2.45) is 5.92 Å². The third-order valence-corrected chi connectivity index (χ3v) is 3.58. The van der Waals surface area contributed by atoms with Crippen molar-refractivity contribution in [3.05, 3.63) is 30.3 Å². The lowest BCUT2D eigenvalue weighted by atomic mass is 9.99. The second-order valence-electron chi connectivity index (χ2n) is 4.92. The Morgan fingerprint density at radius 3 is 2.33 bits per heavy atom. The van der Waals surface area contributed by atoms with E-state index < -0.39 is 12.0 Å². The molecule has 5 heteroatoms. The second kappa shape index (κ2) is 8.29. The normalized spacial score (nSPS) is 13.1. The Kier molecular flexibility index (Phi) is 6.72. The van der Waals surface area contributed by atoms with Crippen molar-refractivity contribution >= 4 is 17.7 Å². The number of ether oxygens (including phenoxy) is 1. The van der Waals surface area contributed by atoms with Gasteiger partial charge in [-0.15, -0.1) is 0 Å². The van der Waals surface area contributed by atoms with Crippen molar-refractivity contribution in [2.75, 3.05) is 18.6 Å². The first-order valence-corrected chi connectivity index (χ1v) is 7.26. The molecule has 2 atom stereocenters. The molecule has 0 heterocycles. The number of benzene rings is 1. The molecule has 1 N–H and O–H groups in total. The van der Waals surface area contributed by atoms with Crippen LogP contribution in [0.1, 0.15) is 27.2 Å². The van der Waals surface area contributed by atoms with Gasteiger partial charge in [0.25, 0.3) is 0 Å². The topological polar surface area (TPSA) is 58.6 Å². The van der Waals surface area contributed by atoms with E-state index in [4.69, 9.17) is 4.74 Å². The molecule has 116 valence electrons. The van der Waals surface area contributed by atoms with Gasteiger partial charge in [-0.1, -0.05) is 38.5 Å². The quantitative estimate of drug-likeness (QED) is 0.820. The highest BCUT2D eigenvalue weighted by atomic mass is 16.5. The molecule has 0 aliphatic carbocycles. The van der Waals surface area contributed by atoms with Crippen LogP contribution < -0.4 is 10.2 Å². The molecule has 21 heavy (non-hydrogen) atoms. The number of para-hydroxylation sites is 1. The summed E-state index contributed by atoms with van der Waals surface area (Å²) in [4.78, 5) is 25.9. The molecule has 2 amide bonds. The molecule has 0 aliphatic heterocycles. The van der Waals surface area contributed by atoms with Crippen LogP contribution in [0, 0.1) is 5.92 Å². The summed E-state index contributed by atoms with van der Waals surface area (Å²) in [7, 11) is 1.33. The third kappa shape index (κ3) is 4.48. The summed E-state index contributed by atoms with van der Waals surface area (Å²) in [6.45, 7) is 6.30. The zero-order valence-electron chi connectivity index (χ0n) is 13.1. The SMILES string of the molecule is CCC(C)[C@@H](NC(=O)N(CC)c1ccccc1)C(=O)OC. The number of amides is 2. The highest BCUT2D eigenvalue weighted by Crippen LogP contribution is 2.15. The zero-order valence-corrected chi connectivity index (χ0v) is 13.1. The lowest BCUT2D eigenvalue weighted by Gasteiger charge is -2.27. The maximum Gasteiger partial charge on any atom is 0.328 e. The van der Waals surface area contributed by atoms with Crippen LogP contribution in [0.2, 0.25) is 0 Å². The van der Waals surface area contributed by atoms with Gasteiger partial charge >= 0.3 is 12.0 Å². The first-order chi connectivity index (χ1) is 10.0. The van der Waals surface area contributed by atoms with E-state index in [0.29, 0.717) is 6.54 Å². The fourth-order valence-corrected chi connectivity index (χ4v) is 2.06. The number of carbonyl (C=O) groups is 2. The fraction of sp³-hybridized carbons (Fsp3) is 0.500. The number of anilines is 1. The lowest BCUT2D eigenvalue weighted by Crippen LogP contribution is -2.51. The number of nitrogens with zero attached hydrogens (tertiary/aromatic N) is 1. The molecular formula is C16H24N2O3. The van der Waals surface area contributed by atoms with Crippen LogP contribution in [-0.4, -0.2) is 31.7 Å². The summed E-state index contributed by atoms with van der Waals surface area (Å²) in [5, 5.41) is 2.78. The Morgan fingerprint density at radius 1 is 1.24 bits per heavy atom. The van der Waals surface area contributed by atoms with Crippen molar-refractivity contribution in [1.29, 1.82) is 0 Å². The summed E-state index contributed by atoms with van der Waals surface area (Å²) >= 11 is 0. The number of nitrogens with one attached hydrogen (secondary N) is 1. The maximum atomic E-state index is 12.4. The summed E-state index contributed by atoms with van der Waals surface area (Å²) in [5.74, 6) is -0.405. The molecule has 1 unspecified atom stereocenters. The summed E-state index contributed by atoms with van der Waals surface area (Å²) in [6, 6.07) is 8.43. The number of hydrogen-bond acceptors (Lipinski definition) is 3. The molecule has 0 bridgehead atoms. The average Bonchev–Trinajstić information content (AvgIpc) is 2.52. The number of hydrogen-bond donors (Lipinski definition) is 1. The van der Waals surface area contributed by atoms with Gasteiger partial charge in [-0.25, -0.2) is 9.59 Å². The van der Waals surface area contributed by atoms with Gasteiger partial charge in [-0.3, -0.25) is 4.90 Å². The molecule has 0 saturated carbocycles. The largest absolute Gasteiger partial charge is 0.467 e. The molecule has 0 saturated heterocycles. The van der Waals surface area contributed by atoms with E-state index in [2.05, 4.69) is 5.32 Å². The zero-order chi connectivity index (χ0) is 15.8. The van der Waals surface area contributed by atoms with Gasteiger partial charge in [0, 0.05) is 12.2 Å². The second-order valence-corrected chi connectivity index (χ2v) is 4.92. The van der Waals surface area contributed by atoms with Crippen LogP contribution in [0.15, 0.2) is 30.3 Å². The minimum atomic E-state index is -0.634. The van der Waals surface area contributed by atoms with E-state index in [-0.39, 0.29) is 11.9 Å². The van der Waals surface area contributed by atoms with Crippen LogP contribution in [0.25, 0.3) is 0 Å². The Morgan fingerprint density at radius 2 is 1.86 bits per heavy atom. The standard InChI is InChI=1S/C16H24N2O3/c1-5-12(3)14(15(19)21-4)17-16(20)18(6-2)13-10-8-7-9-11-13/h7-12,14H,5-6H2,1-4H3,(H,17,20)/t12?,14-/m1/s1. The molecule has 0 aliphatic rings. The van der Waals surface area contributed by atoms with Crippen molar-refractivity contribution < 1.29 is 14.3 Å². The van der Waals surface area contributed by atoms with Crippen LogP contribution in [0.4, 0.5) is 10.5 Å². The lowest BCUT2D eigenvalue weighted by molar-refractivity contribution is -0.144. The minimum absolute atomic E-state index is 0.0101. The number of urea groups is 1. The molecule has 0 spiro atoms. The fourth-order valence-electron chi connectivity index (χ4n) is 2.06. The number of methoxy groups -OCH3 is 1. The molecule has 0 aromatic heterocycles. The number of carbonyl (C=O) groups excluding carboxylic acids is 2. The average molecular weight is 292 g/mol. The van der Waals surface area contributed by atoms with Gasteiger partial charge in [0.15, 0.2) is 0 Å². The summed E-state index contributed by atoms with van der Waals surface area (Å²) in [5.41, 5.74) is 0.797. The van der Waals surface area contributed by atoms with E-state index in [1.165, 1.54) is 7.11 Å².